The van der Waals surface area contributed by atoms with Crippen molar-refractivity contribution in [2.24, 2.45) is 0 Å². The largest absolute Gasteiger partial charge is 0.323 e. The number of benzene rings is 2. The fourth-order valence-corrected chi connectivity index (χ4v) is 2.46. The van der Waals surface area contributed by atoms with Gasteiger partial charge in [-0.05, 0) is 48.0 Å². The number of nitrogens with one attached hydrogen (secondary N) is 2. The van der Waals surface area contributed by atoms with Gasteiger partial charge in [0, 0.05) is 22.5 Å². The second-order valence-electron chi connectivity index (χ2n) is 4.83. The number of carbonyl (C=O) groups excluding carboxylic acids is 1. The van der Waals surface area contributed by atoms with Crippen LogP contribution in [-0.2, 0) is 14.8 Å². The molecule has 2 aromatic carbocycles. The molecule has 0 aliphatic carbocycles. The van der Waals surface area contributed by atoms with E-state index in [1.807, 2.05) is 0 Å². The van der Waals surface area contributed by atoms with Crippen molar-refractivity contribution in [2.75, 3.05) is 16.3 Å². The van der Waals surface area contributed by atoms with E-state index in [-0.39, 0.29) is 5.91 Å². The van der Waals surface area contributed by atoms with Crippen molar-refractivity contribution in [1.82, 2.24) is 0 Å². The SMILES string of the molecule is CS(=O)(=O)Nc1ccc(NC(=O)/C=C/c2ccc(Cl)cc2)cc1. The van der Waals surface area contributed by atoms with E-state index >= 15 is 0 Å². The zero-order valence-corrected chi connectivity index (χ0v) is 13.9. The Hall–Kier alpha value is -2.31. The quantitative estimate of drug-likeness (QED) is 0.812. The molecule has 5 nitrogen and oxygen atoms in total. The standard InChI is InChI=1S/C16H15ClN2O3S/c1-23(21,22)19-15-9-7-14(8-10-15)18-16(20)11-4-12-2-5-13(17)6-3-12/h2-11,19H,1H3,(H,18,20)/b11-4+. The molecule has 0 atom stereocenters. The van der Waals surface area contributed by atoms with Gasteiger partial charge in [0.15, 0.2) is 0 Å². The Kier molecular flexibility index (Phi) is 5.41. The second kappa shape index (κ2) is 7.30. The fourth-order valence-electron chi connectivity index (χ4n) is 1.77. The number of carbonyl (C=O) groups is 1. The molecule has 0 heterocycles. The topological polar surface area (TPSA) is 75.3 Å². The van der Waals surface area contributed by atoms with Crippen LogP contribution in [0.2, 0.25) is 5.02 Å². The van der Waals surface area contributed by atoms with E-state index in [1.54, 1.807) is 54.6 Å². The summed E-state index contributed by atoms with van der Waals surface area (Å²) in [5.74, 6) is -0.288. The number of sulfonamides is 1. The van der Waals surface area contributed by atoms with Crippen LogP contribution in [0, 0.1) is 0 Å². The first-order valence-corrected chi connectivity index (χ1v) is 8.91. The highest BCUT2D eigenvalue weighted by atomic mass is 35.5. The van der Waals surface area contributed by atoms with Gasteiger partial charge >= 0.3 is 0 Å². The van der Waals surface area contributed by atoms with Crippen molar-refractivity contribution in [1.29, 1.82) is 0 Å². The van der Waals surface area contributed by atoms with E-state index < -0.39 is 10.0 Å². The zero-order chi connectivity index (χ0) is 16.9. The first kappa shape index (κ1) is 17.1. The van der Waals surface area contributed by atoms with Crippen molar-refractivity contribution in [3.05, 3.63) is 65.2 Å². The lowest BCUT2D eigenvalue weighted by Gasteiger charge is -2.06. The van der Waals surface area contributed by atoms with Gasteiger partial charge in [-0.2, -0.15) is 0 Å². The van der Waals surface area contributed by atoms with Crippen LogP contribution in [0.25, 0.3) is 6.08 Å². The van der Waals surface area contributed by atoms with Gasteiger partial charge in [0.25, 0.3) is 0 Å². The van der Waals surface area contributed by atoms with E-state index in [0.717, 1.165) is 11.8 Å². The molecule has 0 unspecified atom stereocenters. The third-order valence-corrected chi connectivity index (χ3v) is 3.61. The molecule has 2 rings (SSSR count). The average molecular weight is 351 g/mol. The van der Waals surface area contributed by atoms with Gasteiger partial charge in [-0.3, -0.25) is 9.52 Å². The summed E-state index contributed by atoms with van der Waals surface area (Å²) < 4.78 is 24.6. The van der Waals surface area contributed by atoms with Crippen LogP contribution in [0.4, 0.5) is 11.4 Å². The molecule has 0 saturated carbocycles. The highest BCUT2D eigenvalue weighted by molar-refractivity contribution is 7.92. The van der Waals surface area contributed by atoms with E-state index in [9.17, 15) is 13.2 Å². The van der Waals surface area contributed by atoms with Crippen molar-refractivity contribution in [3.63, 3.8) is 0 Å². The molecular weight excluding hydrogens is 336 g/mol. The van der Waals surface area contributed by atoms with Crippen LogP contribution in [-0.4, -0.2) is 20.6 Å². The average Bonchev–Trinajstić information content (AvgIpc) is 2.47. The van der Waals surface area contributed by atoms with Crippen LogP contribution in [0.1, 0.15) is 5.56 Å². The molecule has 0 radical (unpaired) electrons. The molecule has 120 valence electrons. The zero-order valence-electron chi connectivity index (χ0n) is 12.3. The third kappa shape index (κ3) is 6.14. The van der Waals surface area contributed by atoms with Crippen molar-refractivity contribution >= 4 is 45.0 Å². The number of hydrogen-bond donors (Lipinski definition) is 2. The lowest BCUT2D eigenvalue weighted by Crippen LogP contribution is -2.10. The number of rotatable bonds is 5. The molecule has 0 bridgehead atoms. The van der Waals surface area contributed by atoms with Crippen LogP contribution in [0.3, 0.4) is 0 Å². The van der Waals surface area contributed by atoms with Gasteiger partial charge in [-0.25, -0.2) is 8.42 Å². The predicted octanol–water partition coefficient (Wildman–Crippen LogP) is 3.36. The summed E-state index contributed by atoms with van der Waals surface area (Å²) >= 11 is 5.79. The minimum Gasteiger partial charge on any atom is -0.323 e. The maximum Gasteiger partial charge on any atom is 0.248 e. The normalized spacial score (nSPS) is 11.4. The van der Waals surface area contributed by atoms with Crippen LogP contribution in [0.15, 0.2) is 54.6 Å². The molecule has 23 heavy (non-hydrogen) atoms. The monoisotopic (exact) mass is 350 g/mol. The van der Waals surface area contributed by atoms with E-state index in [0.29, 0.717) is 16.4 Å². The minimum absolute atomic E-state index is 0.288. The first-order valence-electron chi connectivity index (χ1n) is 6.64. The first-order chi connectivity index (χ1) is 10.8. The molecular formula is C16H15ClN2O3S. The third-order valence-electron chi connectivity index (χ3n) is 2.75. The highest BCUT2D eigenvalue weighted by Gasteiger charge is 2.02. The Morgan fingerprint density at radius 3 is 2.13 bits per heavy atom. The van der Waals surface area contributed by atoms with Gasteiger partial charge in [0.05, 0.1) is 6.26 Å². The van der Waals surface area contributed by atoms with Gasteiger partial charge < -0.3 is 5.32 Å². The number of hydrogen-bond acceptors (Lipinski definition) is 3. The number of anilines is 2. The Morgan fingerprint density at radius 2 is 1.57 bits per heavy atom. The molecule has 1 amide bonds. The summed E-state index contributed by atoms with van der Waals surface area (Å²) in [5.41, 5.74) is 1.86. The van der Waals surface area contributed by atoms with Gasteiger partial charge in [-0.1, -0.05) is 23.7 Å². The van der Waals surface area contributed by atoms with Gasteiger partial charge in [0.1, 0.15) is 0 Å². The maximum absolute atomic E-state index is 11.8. The van der Waals surface area contributed by atoms with E-state index in [2.05, 4.69) is 10.0 Å². The highest BCUT2D eigenvalue weighted by Crippen LogP contribution is 2.15. The molecule has 0 fully saturated rings. The predicted molar refractivity (Wildman–Crippen MR) is 94.0 cm³/mol. The fraction of sp³-hybridized carbons (Fsp3) is 0.0625. The summed E-state index contributed by atoms with van der Waals surface area (Å²) in [5, 5.41) is 3.32. The molecule has 0 aliphatic rings. The summed E-state index contributed by atoms with van der Waals surface area (Å²) in [7, 11) is -3.31. The summed E-state index contributed by atoms with van der Waals surface area (Å²) in [6, 6.07) is 13.5. The van der Waals surface area contributed by atoms with Crippen molar-refractivity contribution in [2.45, 2.75) is 0 Å². The molecule has 2 N–H and O–H groups in total. The molecule has 0 aliphatic heterocycles. The van der Waals surface area contributed by atoms with Crippen LogP contribution < -0.4 is 10.0 Å². The van der Waals surface area contributed by atoms with Crippen LogP contribution in [0.5, 0.6) is 0 Å². The summed E-state index contributed by atoms with van der Waals surface area (Å²) in [6.45, 7) is 0. The summed E-state index contributed by atoms with van der Waals surface area (Å²) in [4.78, 5) is 11.8. The van der Waals surface area contributed by atoms with Gasteiger partial charge in [0.2, 0.25) is 15.9 Å². The number of amides is 1. The van der Waals surface area contributed by atoms with Crippen molar-refractivity contribution in [3.8, 4) is 0 Å². The molecule has 0 saturated heterocycles. The maximum atomic E-state index is 11.8. The lowest BCUT2D eigenvalue weighted by molar-refractivity contribution is -0.111. The minimum atomic E-state index is -3.31. The molecule has 0 aromatic heterocycles. The Labute approximate surface area is 140 Å². The van der Waals surface area contributed by atoms with Gasteiger partial charge in [-0.15, -0.1) is 0 Å². The van der Waals surface area contributed by atoms with Crippen LogP contribution >= 0.6 is 11.6 Å². The molecule has 2 aromatic rings. The van der Waals surface area contributed by atoms with E-state index in [1.165, 1.54) is 6.08 Å². The molecule has 0 spiro atoms. The number of halogens is 1. The Balaban J connectivity index is 1.96. The molecule has 7 heteroatoms. The van der Waals surface area contributed by atoms with E-state index in [4.69, 9.17) is 11.6 Å². The Bertz CT molecular complexity index is 813. The lowest BCUT2D eigenvalue weighted by atomic mass is 10.2. The smallest absolute Gasteiger partial charge is 0.248 e. The van der Waals surface area contributed by atoms with Crippen molar-refractivity contribution < 1.29 is 13.2 Å². The summed E-state index contributed by atoms with van der Waals surface area (Å²) in [6.07, 6.45) is 4.15. The Morgan fingerprint density at radius 1 is 1.00 bits per heavy atom. The second-order valence-corrected chi connectivity index (χ2v) is 7.01.